The number of ketones is 1. The second kappa shape index (κ2) is 4.48. The largest absolute Gasteiger partial charge is 0.299 e. The van der Waals surface area contributed by atoms with Crippen LogP contribution in [0.2, 0.25) is 0 Å². The minimum Gasteiger partial charge on any atom is -0.299 e. The lowest BCUT2D eigenvalue weighted by Gasteiger charge is -2.18. The van der Waals surface area contributed by atoms with E-state index in [1.807, 2.05) is 0 Å². The number of hydrogen-bond acceptors (Lipinski definition) is 2. The molecule has 1 saturated carbocycles. The number of thiophene rings is 1. The average Bonchev–Trinajstić information content (AvgIpc) is 2.52. The van der Waals surface area contributed by atoms with E-state index in [0.717, 1.165) is 12.8 Å². The molecule has 1 aliphatic carbocycles. The molecule has 82 valence electrons. The SMILES string of the molecule is Cc1ccc([C@H]2C(=O)CCCC[C@@H]2C)s1. The second-order valence-electron chi connectivity index (χ2n) is 4.62. The zero-order valence-corrected chi connectivity index (χ0v) is 10.3. The van der Waals surface area contributed by atoms with Gasteiger partial charge in [0, 0.05) is 16.2 Å². The Balaban J connectivity index is 2.27. The zero-order valence-electron chi connectivity index (χ0n) is 9.45. The Bertz CT molecular complexity index is 353. The summed E-state index contributed by atoms with van der Waals surface area (Å²) in [5.41, 5.74) is 0. The number of aryl methyl sites for hydroxylation is 1. The molecule has 0 aliphatic heterocycles. The van der Waals surface area contributed by atoms with Crippen LogP contribution in [0, 0.1) is 12.8 Å². The molecule has 1 aliphatic rings. The summed E-state index contributed by atoms with van der Waals surface area (Å²) in [5.74, 6) is 1.17. The summed E-state index contributed by atoms with van der Waals surface area (Å²) in [7, 11) is 0. The molecule has 1 nitrogen and oxygen atoms in total. The molecule has 2 atom stereocenters. The molecule has 0 aromatic carbocycles. The van der Waals surface area contributed by atoms with Crippen molar-refractivity contribution in [2.45, 2.75) is 45.4 Å². The number of Topliss-reactive ketones (excluding diaryl/α,β-unsaturated/α-hetero) is 1. The van der Waals surface area contributed by atoms with E-state index >= 15 is 0 Å². The zero-order chi connectivity index (χ0) is 10.8. The first-order valence-corrected chi connectivity index (χ1v) is 6.59. The highest BCUT2D eigenvalue weighted by molar-refractivity contribution is 7.12. The van der Waals surface area contributed by atoms with Gasteiger partial charge < -0.3 is 0 Å². The fourth-order valence-electron chi connectivity index (χ4n) is 2.46. The minimum absolute atomic E-state index is 0.186. The Hall–Kier alpha value is -0.630. The lowest BCUT2D eigenvalue weighted by molar-refractivity contribution is -0.121. The molecule has 0 N–H and O–H groups in total. The van der Waals surface area contributed by atoms with Crippen LogP contribution in [0.4, 0.5) is 0 Å². The molecular formula is C13H18OS. The number of hydrogen-bond donors (Lipinski definition) is 0. The Morgan fingerprint density at radius 2 is 2.13 bits per heavy atom. The molecule has 0 amide bonds. The first-order valence-electron chi connectivity index (χ1n) is 5.77. The van der Waals surface area contributed by atoms with E-state index in [-0.39, 0.29) is 5.92 Å². The monoisotopic (exact) mass is 222 g/mol. The van der Waals surface area contributed by atoms with Crippen LogP contribution in [0.3, 0.4) is 0 Å². The maximum atomic E-state index is 12.0. The van der Waals surface area contributed by atoms with Crippen LogP contribution in [-0.2, 0) is 4.79 Å². The Morgan fingerprint density at radius 3 is 2.80 bits per heavy atom. The van der Waals surface area contributed by atoms with Crippen molar-refractivity contribution in [3.63, 3.8) is 0 Å². The minimum atomic E-state index is 0.186. The van der Waals surface area contributed by atoms with E-state index in [1.165, 1.54) is 22.6 Å². The molecule has 2 rings (SSSR count). The maximum absolute atomic E-state index is 12.0. The van der Waals surface area contributed by atoms with Crippen molar-refractivity contribution in [3.05, 3.63) is 21.9 Å². The van der Waals surface area contributed by atoms with E-state index in [1.54, 1.807) is 11.3 Å². The number of carbonyl (C=O) groups is 1. The molecule has 0 saturated heterocycles. The summed E-state index contributed by atoms with van der Waals surface area (Å²) < 4.78 is 0. The molecule has 1 aromatic rings. The van der Waals surface area contributed by atoms with Crippen LogP contribution in [-0.4, -0.2) is 5.78 Å². The van der Waals surface area contributed by atoms with Gasteiger partial charge in [0.1, 0.15) is 5.78 Å². The molecule has 15 heavy (non-hydrogen) atoms. The first kappa shape index (κ1) is 10.9. The second-order valence-corrected chi connectivity index (χ2v) is 5.93. The summed E-state index contributed by atoms with van der Waals surface area (Å²) >= 11 is 1.79. The van der Waals surface area contributed by atoms with Gasteiger partial charge in [-0.15, -0.1) is 11.3 Å². The van der Waals surface area contributed by atoms with E-state index in [2.05, 4.69) is 26.0 Å². The summed E-state index contributed by atoms with van der Waals surface area (Å²) in [6, 6.07) is 4.27. The third kappa shape index (κ3) is 2.31. The molecular weight excluding hydrogens is 204 g/mol. The quantitative estimate of drug-likeness (QED) is 0.658. The van der Waals surface area contributed by atoms with Crippen molar-refractivity contribution in [1.29, 1.82) is 0 Å². The van der Waals surface area contributed by atoms with Gasteiger partial charge in [0.15, 0.2) is 0 Å². The summed E-state index contributed by atoms with van der Waals surface area (Å²) in [5, 5.41) is 0. The van der Waals surface area contributed by atoms with Crippen LogP contribution in [0.5, 0.6) is 0 Å². The topological polar surface area (TPSA) is 17.1 Å². The number of carbonyl (C=O) groups excluding carboxylic acids is 1. The predicted octanol–water partition coefficient (Wildman–Crippen LogP) is 3.92. The molecule has 1 heterocycles. The van der Waals surface area contributed by atoms with Gasteiger partial charge in [-0.1, -0.05) is 13.3 Å². The molecule has 1 aromatic heterocycles. The van der Waals surface area contributed by atoms with Gasteiger partial charge in [-0.2, -0.15) is 0 Å². The van der Waals surface area contributed by atoms with Crippen LogP contribution in [0.25, 0.3) is 0 Å². The van der Waals surface area contributed by atoms with Crippen LogP contribution < -0.4 is 0 Å². The van der Waals surface area contributed by atoms with Crippen LogP contribution >= 0.6 is 11.3 Å². The summed E-state index contributed by atoms with van der Waals surface area (Å²) in [4.78, 5) is 14.6. The van der Waals surface area contributed by atoms with Gasteiger partial charge in [0.2, 0.25) is 0 Å². The maximum Gasteiger partial charge on any atom is 0.141 e. The Morgan fingerprint density at radius 1 is 1.33 bits per heavy atom. The highest BCUT2D eigenvalue weighted by Gasteiger charge is 2.29. The van der Waals surface area contributed by atoms with Crippen molar-refractivity contribution in [2.24, 2.45) is 5.92 Å². The molecule has 0 radical (unpaired) electrons. The third-order valence-electron chi connectivity index (χ3n) is 3.32. The average molecular weight is 222 g/mol. The summed E-state index contributed by atoms with van der Waals surface area (Å²) in [6.45, 7) is 4.34. The van der Waals surface area contributed by atoms with Gasteiger partial charge in [0.25, 0.3) is 0 Å². The first-order chi connectivity index (χ1) is 7.18. The standard InChI is InChI=1S/C13H18OS/c1-9-5-3-4-6-11(14)13(9)12-8-7-10(2)15-12/h7-9,13H,3-6H2,1-2H3/t9-,13+/m0/s1. The fraction of sp³-hybridized carbons (Fsp3) is 0.615. The predicted molar refractivity (Wildman–Crippen MR) is 64.4 cm³/mol. The van der Waals surface area contributed by atoms with Gasteiger partial charge in [0.05, 0.1) is 5.92 Å². The molecule has 0 bridgehead atoms. The van der Waals surface area contributed by atoms with Crippen molar-refractivity contribution in [1.82, 2.24) is 0 Å². The van der Waals surface area contributed by atoms with E-state index in [0.29, 0.717) is 11.7 Å². The van der Waals surface area contributed by atoms with Crippen molar-refractivity contribution < 1.29 is 4.79 Å². The van der Waals surface area contributed by atoms with Gasteiger partial charge in [-0.05, 0) is 37.8 Å². The fourth-order valence-corrected chi connectivity index (χ4v) is 3.60. The summed E-state index contributed by atoms with van der Waals surface area (Å²) in [6.07, 6.45) is 4.29. The van der Waals surface area contributed by atoms with Crippen molar-refractivity contribution >= 4 is 17.1 Å². The van der Waals surface area contributed by atoms with Crippen LogP contribution in [0.15, 0.2) is 12.1 Å². The van der Waals surface area contributed by atoms with Gasteiger partial charge >= 0.3 is 0 Å². The Kier molecular flexibility index (Phi) is 3.25. The van der Waals surface area contributed by atoms with E-state index < -0.39 is 0 Å². The molecule has 2 heteroatoms. The van der Waals surface area contributed by atoms with E-state index in [9.17, 15) is 4.79 Å². The Labute approximate surface area is 95.5 Å². The van der Waals surface area contributed by atoms with Crippen molar-refractivity contribution in [2.75, 3.05) is 0 Å². The molecule has 0 unspecified atom stereocenters. The van der Waals surface area contributed by atoms with E-state index in [4.69, 9.17) is 0 Å². The van der Waals surface area contributed by atoms with Gasteiger partial charge in [-0.25, -0.2) is 0 Å². The van der Waals surface area contributed by atoms with Gasteiger partial charge in [-0.3, -0.25) is 4.79 Å². The smallest absolute Gasteiger partial charge is 0.141 e. The normalized spacial score (nSPS) is 27.7. The molecule has 1 fully saturated rings. The lowest BCUT2D eigenvalue weighted by Crippen LogP contribution is -2.16. The van der Waals surface area contributed by atoms with Crippen molar-refractivity contribution in [3.8, 4) is 0 Å². The highest BCUT2D eigenvalue weighted by atomic mass is 32.1. The van der Waals surface area contributed by atoms with Crippen LogP contribution in [0.1, 0.15) is 48.3 Å². The number of rotatable bonds is 1. The molecule has 0 spiro atoms. The lowest BCUT2D eigenvalue weighted by atomic mass is 9.87. The highest BCUT2D eigenvalue weighted by Crippen LogP contribution is 2.37. The third-order valence-corrected chi connectivity index (χ3v) is 4.40.